The summed E-state index contributed by atoms with van der Waals surface area (Å²) in [5.41, 5.74) is 9.18. The molecule has 1 fully saturated rings. The van der Waals surface area contributed by atoms with E-state index in [-0.39, 0.29) is 17.4 Å². The van der Waals surface area contributed by atoms with Crippen LogP contribution in [0, 0.1) is 18.4 Å². The number of amides is 1. The van der Waals surface area contributed by atoms with Gasteiger partial charge in [0.15, 0.2) is 0 Å². The summed E-state index contributed by atoms with van der Waals surface area (Å²) in [6, 6.07) is 16.1. The van der Waals surface area contributed by atoms with Crippen LogP contribution in [0.15, 0.2) is 53.5 Å². The normalized spacial score (nSPS) is 21.1. The number of hydrogen-bond donors (Lipinski definition) is 4. The van der Waals surface area contributed by atoms with Crippen LogP contribution in [-0.4, -0.2) is 31.5 Å². The molecule has 1 aliphatic carbocycles. The number of anilines is 1. The smallest absolute Gasteiger partial charge is 0.253 e. The molecule has 1 aliphatic rings. The fraction of sp³-hybridized carbons (Fsp3) is 0.375. The van der Waals surface area contributed by atoms with Crippen LogP contribution < -0.4 is 21.7 Å². The second-order valence-electron chi connectivity index (χ2n) is 8.15. The van der Waals surface area contributed by atoms with Crippen molar-refractivity contribution >= 4 is 17.6 Å². The Labute approximate surface area is 183 Å². The van der Waals surface area contributed by atoms with Crippen LogP contribution in [0.25, 0.3) is 0 Å². The van der Waals surface area contributed by atoms with E-state index in [1.54, 1.807) is 13.1 Å². The third kappa shape index (κ3) is 5.34. The van der Waals surface area contributed by atoms with Crippen molar-refractivity contribution in [3.8, 4) is 6.19 Å². The highest BCUT2D eigenvalue weighted by Gasteiger charge is 2.37. The van der Waals surface area contributed by atoms with Gasteiger partial charge in [0.25, 0.3) is 5.91 Å². The van der Waals surface area contributed by atoms with E-state index in [1.807, 2.05) is 43.4 Å². The van der Waals surface area contributed by atoms with Crippen molar-refractivity contribution in [2.75, 3.05) is 19.3 Å². The van der Waals surface area contributed by atoms with Gasteiger partial charge in [-0.15, -0.1) is 4.99 Å². The molecule has 0 atom stereocenters. The third-order valence-corrected chi connectivity index (χ3v) is 6.11. The molecule has 1 amide bonds. The molecule has 7 nitrogen and oxygen atoms in total. The Hall–Kier alpha value is -3.53. The lowest BCUT2D eigenvalue weighted by atomic mass is 9.68. The Morgan fingerprint density at radius 2 is 1.94 bits per heavy atom. The van der Waals surface area contributed by atoms with Crippen molar-refractivity contribution in [1.82, 2.24) is 16.0 Å². The number of rotatable bonds is 5. The van der Waals surface area contributed by atoms with Gasteiger partial charge >= 0.3 is 0 Å². The number of hydrogen-bond acceptors (Lipinski definition) is 4. The van der Waals surface area contributed by atoms with E-state index in [0.717, 1.165) is 31.2 Å². The van der Waals surface area contributed by atoms with Crippen LogP contribution in [0.5, 0.6) is 0 Å². The Kier molecular flexibility index (Phi) is 7.14. The average Bonchev–Trinajstić information content (AvgIpc) is 2.79. The summed E-state index contributed by atoms with van der Waals surface area (Å²) in [5.74, 6) is 0.342. The van der Waals surface area contributed by atoms with Crippen molar-refractivity contribution in [2.45, 2.75) is 44.1 Å². The van der Waals surface area contributed by atoms with Gasteiger partial charge in [-0.3, -0.25) is 4.79 Å². The minimum Gasteiger partial charge on any atom is -0.398 e. The predicted molar refractivity (Wildman–Crippen MR) is 124 cm³/mol. The van der Waals surface area contributed by atoms with E-state index >= 15 is 0 Å². The molecule has 1 saturated carbocycles. The van der Waals surface area contributed by atoms with Gasteiger partial charge in [0.1, 0.15) is 0 Å². The van der Waals surface area contributed by atoms with Gasteiger partial charge in [-0.1, -0.05) is 36.4 Å². The summed E-state index contributed by atoms with van der Waals surface area (Å²) in [7, 11) is 1.74. The van der Waals surface area contributed by atoms with E-state index in [1.165, 1.54) is 5.56 Å². The van der Waals surface area contributed by atoms with Crippen LogP contribution in [0.4, 0.5) is 5.69 Å². The SMILES string of the molecule is CN/C(=N\C#N)N[C@H]1CC[C@](CNC(=O)c2ccc(C)cc2N)(c2ccccc2)CC1. The molecular weight excluding hydrogens is 388 g/mol. The van der Waals surface area contributed by atoms with Crippen molar-refractivity contribution in [3.05, 3.63) is 65.2 Å². The number of nitrogens with two attached hydrogens (primary N) is 1. The number of carbonyl (C=O) groups is 1. The Morgan fingerprint density at radius 1 is 1.23 bits per heavy atom. The first-order chi connectivity index (χ1) is 15.0. The maximum Gasteiger partial charge on any atom is 0.253 e. The van der Waals surface area contributed by atoms with Crippen LogP contribution in [0.2, 0.25) is 0 Å². The molecule has 0 bridgehead atoms. The molecule has 0 radical (unpaired) electrons. The van der Waals surface area contributed by atoms with Gasteiger partial charge in [-0.25, -0.2) is 0 Å². The Bertz CT molecular complexity index is 971. The van der Waals surface area contributed by atoms with Crippen molar-refractivity contribution in [2.24, 2.45) is 4.99 Å². The van der Waals surface area contributed by atoms with E-state index < -0.39 is 0 Å². The first-order valence-corrected chi connectivity index (χ1v) is 10.6. The molecule has 0 spiro atoms. The second kappa shape index (κ2) is 9.98. The molecule has 0 aromatic heterocycles. The minimum atomic E-state index is -0.152. The zero-order chi connectivity index (χ0) is 22.3. The monoisotopic (exact) mass is 418 g/mol. The van der Waals surface area contributed by atoms with Crippen LogP contribution in [0.1, 0.15) is 47.2 Å². The molecule has 31 heavy (non-hydrogen) atoms. The summed E-state index contributed by atoms with van der Waals surface area (Å²) < 4.78 is 0. The van der Waals surface area contributed by atoms with Crippen LogP contribution >= 0.6 is 0 Å². The predicted octanol–water partition coefficient (Wildman–Crippen LogP) is 2.83. The molecule has 3 rings (SSSR count). The fourth-order valence-corrected chi connectivity index (χ4v) is 4.31. The number of aryl methyl sites for hydroxylation is 1. The standard InChI is InChI=1S/C24H30N6O/c1-17-8-9-20(21(26)14-17)22(31)28-15-24(18-6-4-3-5-7-18)12-10-19(11-13-24)30-23(27-2)29-16-25/h3-9,14,19H,10-13,15,26H2,1-2H3,(H,28,31)(H2,27,29,30)/t19-,24-. The van der Waals surface area contributed by atoms with Gasteiger partial charge in [-0.2, -0.15) is 5.26 Å². The fourth-order valence-electron chi connectivity index (χ4n) is 4.31. The largest absolute Gasteiger partial charge is 0.398 e. The zero-order valence-corrected chi connectivity index (χ0v) is 18.1. The average molecular weight is 419 g/mol. The van der Waals surface area contributed by atoms with Gasteiger partial charge in [0.2, 0.25) is 12.2 Å². The molecule has 162 valence electrons. The number of nitrogen functional groups attached to an aromatic ring is 1. The van der Waals surface area contributed by atoms with Gasteiger partial charge < -0.3 is 21.7 Å². The summed E-state index contributed by atoms with van der Waals surface area (Å²) in [4.78, 5) is 16.6. The topological polar surface area (TPSA) is 115 Å². The molecule has 2 aromatic carbocycles. The molecule has 0 unspecified atom stereocenters. The summed E-state index contributed by atoms with van der Waals surface area (Å²) in [6.45, 7) is 2.50. The van der Waals surface area contributed by atoms with E-state index in [4.69, 9.17) is 11.0 Å². The van der Waals surface area contributed by atoms with Crippen LogP contribution in [-0.2, 0) is 5.41 Å². The number of guanidine groups is 1. The molecule has 7 heteroatoms. The zero-order valence-electron chi connectivity index (χ0n) is 18.1. The molecule has 2 aromatic rings. The summed E-state index contributed by atoms with van der Waals surface area (Å²) >= 11 is 0. The maximum atomic E-state index is 12.9. The Morgan fingerprint density at radius 3 is 2.55 bits per heavy atom. The highest BCUT2D eigenvalue weighted by molar-refractivity contribution is 5.99. The van der Waals surface area contributed by atoms with Crippen molar-refractivity contribution in [1.29, 1.82) is 5.26 Å². The third-order valence-electron chi connectivity index (χ3n) is 6.11. The van der Waals surface area contributed by atoms with Crippen molar-refractivity contribution in [3.63, 3.8) is 0 Å². The quantitative estimate of drug-likeness (QED) is 0.258. The number of benzene rings is 2. The minimum absolute atomic E-state index is 0.147. The summed E-state index contributed by atoms with van der Waals surface area (Å²) in [6.07, 6.45) is 5.43. The second-order valence-corrected chi connectivity index (χ2v) is 8.15. The van der Waals surface area contributed by atoms with Crippen LogP contribution in [0.3, 0.4) is 0 Å². The number of nitrogens with one attached hydrogen (secondary N) is 3. The number of carbonyl (C=O) groups excluding carboxylic acids is 1. The van der Waals surface area contributed by atoms with E-state index in [2.05, 4.69) is 33.1 Å². The number of aliphatic imine (C=N–C) groups is 1. The number of nitrogens with zero attached hydrogens (tertiary/aromatic N) is 2. The lowest BCUT2D eigenvalue weighted by Crippen LogP contribution is -2.49. The maximum absolute atomic E-state index is 12.9. The van der Waals surface area contributed by atoms with Gasteiger partial charge in [-0.05, 0) is 55.9 Å². The Balaban J connectivity index is 1.73. The van der Waals surface area contributed by atoms with E-state index in [9.17, 15) is 4.79 Å². The first kappa shape index (κ1) is 22.2. The van der Waals surface area contributed by atoms with E-state index in [0.29, 0.717) is 23.8 Å². The summed E-state index contributed by atoms with van der Waals surface area (Å²) in [5, 5.41) is 18.2. The van der Waals surface area contributed by atoms with Crippen molar-refractivity contribution < 1.29 is 4.79 Å². The molecule has 0 aliphatic heterocycles. The van der Waals surface area contributed by atoms with Gasteiger partial charge in [0, 0.05) is 30.7 Å². The lowest BCUT2D eigenvalue weighted by molar-refractivity contribution is 0.0936. The first-order valence-electron chi connectivity index (χ1n) is 10.6. The van der Waals surface area contributed by atoms with Gasteiger partial charge in [0.05, 0.1) is 5.56 Å². The highest BCUT2D eigenvalue weighted by Crippen LogP contribution is 2.39. The molecule has 0 saturated heterocycles. The molecule has 0 heterocycles. The molecule has 5 N–H and O–H groups in total. The molecular formula is C24H30N6O. The highest BCUT2D eigenvalue weighted by atomic mass is 16.1. The number of nitriles is 1. The lowest BCUT2D eigenvalue weighted by Gasteiger charge is -2.41.